The van der Waals surface area contributed by atoms with Crippen LogP contribution in [0, 0.1) is 10.1 Å². The first-order chi connectivity index (χ1) is 8.02. The second-order valence-electron chi connectivity index (χ2n) is 3.41. The number of primary amides is 1. The number of rotatable bonds is 6. The number of benzene rings is 1. The van der Waals surface area contributed by atoms with Gasteiger partial charge in [0.2, 0.25) is 5.91 Å². The molecule has 0 aliphatic heterocycles. The highest BCUT2D eigenvalue weighted by Gasteiger charge is 2.14. The highest BCUT2D eigenvalue weighted by molar-refractivity contribution is 7.98. The standard InChI is InChI=1S/C10H13N3O3S/c11-8(10(12)14)6-17-5-7-3-1-2-4-9(7)13(15)16/h1-4,8H,5-6,11H2,(H2,12,14). The molecule has 0 aromatic heterocycles. The Morgan fingerprint density at radius 2 is 2.12 bits per heavy atom. The van der Waals surface area contributed by atoms with Gasteiger partial charge in [0.15, 0.2) is 0 Å². The molecule has 0 aliphatic carbocycles. The highest BCUT2D eigenvalue weighted by Crippen LogP contribution is 2.22. The predicted molar refractivity (Wildman–Crippen MR) is 66.4 cm³/mol. The van der Waals surface area contributed by atoms with Gasteiger partial charge in [-0.2, -0.15) is 11.8 Å². The largest absolute Gasteiger partial charge is 0.368 e. The Morgan fingerprint density at radius 1 is 1.47 bits per heavy atom. The number of carbonyl (C=O) groups excluding carboxylic acids is 1. The Kier molecular flexibility index (Phi) is 4.92. The Bertz CT molecular complexity index is 425. The van der Waals surface area contributed by atoms with Crippen molar-refractivity contribution in [3.8, 4) is 0 Å². The lowest BCUT2D eigenvalue weighted by Gasteiger charge is -2.07. The van der Waals surface area contributed by atoms with Gasteiger partial charge < -0.3 is 11.5 Å². The van der Waals surface area contributed by atoms with Crippen LogP contribution in [0.25, 0.3) is 0 Å². The van der Waals surface area contributed by atoms with E-state index in [1.54, 1.807) is 18.2 Å². The fourth-order valence-electron chi connectivity index (χ4n) is 1.19. The molecule has 0 heterocycles. The topological polar surface area (TPSA) is 112 Å². The van der Waals surface area contributed by atoms with Crippen LogP contribution in [0.15, 0.2) is 24.3 Å². The van der Waals surface area contributed by atoms with Crippen LogP contribution in [0.3, 0.4) is 0 Å². The van der Waals surface area contributed by atoms with Crippen molar-refractivity contribution >= 4 is 23.4 Å². The molecule has 4 N–H and O–H groups in total. The number of nitro groups is 1. The van der Waals surface area contributed by atoms with Crippen LogP contribution >= 0.6 is 11.8 Å². The summed E-state index contributed by atoms with van der Waals surface area (Å²) in [4.78, 5) is 21.0. The molecule has 6 nitrogen and oxygen atoms in total. The molecule has 0 spiro atoms. The van der Waals surface area contributed by atoms with E-state index in [-0.39, 0.29) is 5.69 Å². The molecule has 1 amide bonds. The summed E-state index contributed by atoms with van der Waals surface area (Å²) >= 11 is 1.34. The fourth-order valence-corrected chi connectivity index (χ4v) is 2.19. The van der Waals surface area contributed by atoms with Crippen molar-refractivity contribution in [1.82, 2.24) is 0 Å². The van der Waals surface area contributed by atoms with Gasteiger partial charge in [0.25, 0.3) is 5.69 Å². The summed E-state index contributed by atoms with van der Waals surface area (Å²) in [5.41, 5.74) is 11.1. The van der Waals surface area contributed by atoms with Gasteiger partial charge in [-0.3, -0.25) is 14.9 Å². The second-order valence-corrected chi connectivity index (χ2v) is 4.44. The maximum atomic E-state index is 10.7. The second kappa shape index (κ2) is 6.21. The van der Waals surface area contributed by atoms with Crippen molar-refractivity contribution in [3.63, 3.8) is 0 Å². The zero-order chi connectivity index (χ0) is 12.8. The Balaban J connectivity index is 2.58. The summed E-state index contributed by atoms with van der Waals surface area (Å²) in [6, 6.07) is 5.76. The number of nitrogens with two attached hydrogens (primary N) is 2. The number of amides is 1. The van der Waals surface area contributed by atoms with Gasteiger partial charge in [0.1, 0.15) is 0 Å². The monoisotopic (exact) mass is 255 g/mol. The van der Waals surface area contributed by atoms with Crippen LogP contribution < -0.4 is 11.5 Å². The summed E-state index contributed by atoms with van der Waals surface area (Å²) in [6.45, 7) is 0. The van der Waals surface area contributed by atoms with Crippen LogP contribution in [0.2, 0.25) is 0 Å². The van der Waals surface area contributed by atoms with Crippen molar-refractivity contribution in [2.24, 2.45) is 11.5 Å². The normalized spacial score (nSPS) is 12.1. The molecular formula is C10H13N3O3S. The summed E-state index contributed by atoms with van der Waals surface area (Å²) < 4.78 is 0. The molecule has 92 valence electrons. The van der Waals surface area contributed by atoms with E-state index in [0.29, 0.717) is 17.1 Å². The average molecular weight is 255 g/mol. The molecule has 0 fully saturated rings. The van der Waals surface area contributed by atoms with E-state index in [9.17, 15) is 14.9 Å². The number of thioether (sulfide) groups is 1. The van der Waals surface area contributed by atoms with Crippen LogP contribution in [0.5, 0.6) is 0 Å². The third-order valence-corrected chi connectivity index (χ3v) is 3.22. The van der Waals surface area contributed by atoms with Crippen LogP contribution in [-0.2, 0) is 10.5 Å². The molecular weight excluding hydrogens is 242 g/mol. The van der Waals surface area contributed by atoms with E-state index in [0.717, 1.165) is 0 Å². The van der Waals surface area contributed by atoms with Gasteiger partial charge in [0.05, 0.1) is 11.0 Å². The molecule has 1 aromatic carbocycles. The summed E-state index contributed by atoms with van der Waals surface area (Å²) in [7, 11) is 0. The van der Waals surface area contributed by atoms with Gasteiger partial charge in [-0.25, -0.2) is 0 Å². The molecule has 17 heavy (non-hydrogen) atoms. The zero-order valence-corrected chi connectivity index (χ0v) is 9.85. The van der Waals surface area contributed by atoms with Crippen LogP contribution in [0.1, 0.15) is 5.56 Å². The molecule has 0 bridgehead atoms. The Labute approximate surface area is 103 Å². The molecule has 0 aliphatic rings. The molecule has 0 radical (unpaired) electrons. The van der Waals surface area contributed by atoms with Gasteiger partial charge in [0, 0.05) is 23.1 Å². The number of para-hydroxylation sites is 1. The number of carbonyl (C=O) groups is 1. The maximum absolute atomic E-state index is 10.7. The minimum Gasteiger partial charge on any atom is -0.368 e. The molecule has 0 saturated carbocycles. The summed E-state index contributed by atoms with van der Waals surface area (Å²) in [6.07, 6.45) is 0. The van der Waals surface area contributed by atoms with E-state index in [1.807, 2.05) is 0 Å². The molecule has 7 heteroatoms. The van der Waals surface area contributed by atoms with Crippen LogP contribution in [0.4, 0.5) is 5.69 Å². The molecule has 1 unspecified atom stereocenters. The Morgan fingerprint density at radius 3 is 2.71 bits per heavy atom. The fraction of sp³-hybridized carbons (Fsp3) is 0.300. The zero-order valence-electron chi connectivity index (χ0n) is 9.04. The lowest BCUT2D eigenvalue weighted by atomic mass is 10.2. The van der Waals surface area contributed by atoms with Crippen LogP contribution in [-0.4, -0.2) is 22.6 Å². The number of hydrogen-bond acceptors (Lipinski definition) is 5. The van der Waals surface area contributed by atoms with Crippen molar-refractivity contribution in [2.75, 3.05) is 5.75 Å². The van der Waals surface area contributed by atoms with E-state index in [1.165, 1.54) is 17.8 Å². The third-order valence-electron chi connectivity index (χ3n) is 2.11. The van der Waals surface area contributed by atoms with Gasteiger partial charge in [-0.05, 0) is 0 Å². The quantitative estimate of drug-likeness (QED) is 0.572. The van der Waals surface area contributed by atoms with Gasteiger partial charge >= 0.3 is 0 Å². The first-order valence-corrected chi connectivity index (χ1v) is 6.02. The van der Waals surface area contributed by atoms with Gasteiger partial charge in [-0.1, -0.05) is 18.2 Å². The predicted octanol–water partition coefficient (Wildman–Crippen LogP) is 0.641. The molecule has 1 rings (SSSR count). The van der Waals surface area contributed by atoms with E-state index in [2.05, 4.69) is 0 Å². The number of nitro benzene ring substituents is 1. The lowest BCUT2D eigenvalue weighted by molar-refractivity contribution is -0.385. The SMILES string of the molecule is NC(=O)C(N)CSCc1ccccc1[N+](=O)[O-]. The minimum atomic E-state index is -0.720. The van der Waals surface area contributed by atoms with Crippen molar-refractivity contribution in [3.05, 3.63) is 39.9 Å². The minimum absolute atomic E-state index is 0.0765. The molecule has 1 aromatic rings. The molecule has 0 saturated heterocycles. The summed E-state index contributed by atoms with van der Waals surface area (Å²) in [5.74, 6) is 0.208. The van der Waals surface area contributed by atoms with Crippen molar-refractivity contribution < 1.29 is 9.72 Å². The summed E-state index contributed by atoms with van der Waals surface area (Å²) in [5, 5.41) is 10.7. The lowest BCUT2D eigenvalue weighted by Crippen LogP contribution is -2.38. The Hall–Kier alpha value is -1.60. The molecule has 1 atom stereocenters. The highest BCUT2D eigenvalue weighted by atomic mass is 32.2. The average Bonchev–Trinajstić information content (AvgIpc) is 2.29. The van der Waals surface area contributed by atoms with E-state index < -0.39 is 16.9 Å². The smallest absolute Gasteiger partial charge is 0.273 e. The van der Waals surface area contributed by atoms with E-state index >= 15 is 0 Å². The number of hydrogen-bond donors (Lipinski definition) is 2. The maximum Gasteiger partial charge on any atom is 0.273 e. The van der Waals surface area contributed by atoms with Gasteiger partial charge in [-0.15, -0.1) is 0 Å². The van der Waals surface area contributed by atoms with Crippen molar-refractivity contribution in [1.29, 1.82) is 0 Å². The first-order valence-electron chi connectivity index (χ1n) is 4.87. The first kappa shape index (κ1) is 13.5. The number of nitrogens with zero attached hydrogens (tertiary/aromatic N) is 1. The van der Waals surface area contributed by atoms with E-state index in [4.69, 9.17) is 11.5 Å². The van der Waals surface area contributed by atoms with Crippen molar-refractivity contribution in [2.45, 2.75) is 11.8 Å². The third kappa shape index (κ3) is 4.04.